The fourth-order valence-electron chi connectivity index (χ4n) is 3.27. The topological polar surface area (TPSA) is 77.0 Å². The second kappa shape index (κ2) is 15.0. The molecule has 1 heterocycles. The first-order chi connectivity index (χ1) is 16.2. The van der Waals surface area contributed by atoms with Crippen LogP contribution in [0.3, 0.4) is 0 Å². The molecular weight excluding hydrogens is 543 g/mol. The van der Waals surface area contributed by atoms with Crippen molar-refractivity contribution >= 4 is 29.9 Å². The van der Waals surface area contributed by atoms with Crippen LogP contribution in [-0.4, -0.2) is 38.3 Å². The molecule has 2 aromatic carbocycles. The van der Waals surface area contributed by atoms with Gasteiger partial charge in [-0.1, -0.05) is 42.5 Å². The van der Waals surface area contributed by atoms with Gasteiger partial charge < -0.3 is 24.8 Å². The Kier molecular flexibility index (Phi) is 12.0. The average molecular weight is 576 g/mol. The number of pyridine rings is 1. The summed E-state index contributed by atoms with van der Waals surface area (Å²) in [6.45, 7) is 4.48. The quantitative estimate of drug-likeness (QED) is 0.198. The summed E-state index contributed by atoms with van der Waals surface area (Å²) in [5, 5.41) is 6.68. The van der Waals surface area contributed by atoms with Crippen molar-refractivity contribution in [3.63, 3.8) is 0 Å². The van der Waals surface area contributed by atoms with E-state index in [-0.39, 0.29) is 24.0 Å². The van der Waals surface area contributed by atoms with Gasteiger partial charge in [-0.05, 0) is 42.7 Å². The molecule has 1 aromatic heterocycles. The lowest BCUT2D eigenvalue weighted by atomic mass is 10.1. The molecule has 0 atom stereocenters. The number of aliphatic imine (C=N–C) groups is 1. The van der Waals surface area contributed by atoms with Crippen molar-refractivity contribution in [3.05, 3.63) is 83.6 Å². The third-order valence-corrected chi connectivity index (χ3v) is 4.97. The van der Waals surface area contributed by atoms with E-state index >= 15 is 0 Å². The summed E-state index contributed by atoms with van der Waals surface area (Å²) >= 11 is 0. The number of hydrogen-bond donors (Lipinski definition) is 2. The van der Waals surface area contributed by atoms with Crippen LogP contribution in [0, 0.1) is 0 Å². The molecule has 0 aliphatic heterocycles. The Morgan fingerprint density at radius 3 is 2.44 bits per heavy atom. The molecule has 34 heavy (non-hydrogen) atoms. The van der Waals surface area contributed by atoms with E-state index in [1.807, 2.05) is 67.6 Å². The van der Waals surface area contributed by atoms with Crippen molar-refractivity contribution in [2.24, 2.45) is 4.99 Å². The number of hydrogen-bond acceptors (Lipinski definition) is 5. The standard InChI is InChI=1S/C26H32N4O3.HI/c1-4-27-26(29-16-14-20-12-13-23(31-2)24(17-20)32-3)30-18-22-11-8-15-28-25(22)33-19-21-9-6-5-7-10-21;/h5-13,15,17H,4,14,16,18-19H2,1-3H3,(H2,27,29,30);1H. The summed E-state index contributed by atoms with van der Waals surface area (Å²) in [6, 6.07) is 19.9. The first-order valence-corrected chi connectivity index (χ1v) is 11.1. The third kappa shape index (κ3) is 8.40. The maximum absolute atomic E-state index is 5.95. The van der Waals surface area contributed by atoms with Crippen LogP contribution in [0.1, 0.15) is 23.6 Å². The average Bonchev–Trinajstić information content (AvgIpc) is 2.87. The second-order valence-corrected chi connectivity index (χ2v) is 7.30. The normalized spacial score (nSPS) is 10.7. The van der Waals surface area contributed by atoms with E-state index < -0.39 is 0 Å². The van der Waals surface area contributed by atoms with Gasteiger partial charge in [-0.3, -0.25) is 0 Å². The Morgan fingerprint density at radius 2 is 1.71 bits per heavy atom. The number of benzene rings is 2. The molecule has 0 bridgehead atoms. The Balaban J connectivity index is 0.00000408. The van der Waals surface area contributed by atoms with Crippen molar-refractivity contribution in [1.82, 2.24) is 15.6 Å². The molecule has 0 aliphatic rings. The molecule has 7 nitrogen and oxygen atoms in total. The van der Waals surface area contributed by atoms with Gasteiger partial charge in [0.15, 0.2) is 17.5 Å². The molecule has 3 aromatic rings. The second-order valence-electron chi connectivity index (χ2n) is 7.30. The number of halogens is 1. The summed E-state index contributed by atoms with van der Waals surface area (Å²) in [7, 11) is 3.28. The number of aromatic nitrogens is 1. The van der Waals surface area contributed by atoms with Crippen LogP contribution in [0.5, 0.6) is 17.4 Å². The van der Waals surface area contributed by atoms with Crippen LogP contribution in [0.4, 0.5) is 0 Å². The molecule has 0 fully saturated rings. The van der Waals surface area contributed by atoms with Gasteiger partial charge in [0.25, 0.3) is 0 Å². The van der Waals surface area contributed by atoms with Crippen molar-refractivity contribution in [2.75, 3.05) is 27.3 Å². The first-order valence-electron chi connectivity index (χ1n) is 11.1. The van der Waals surface area contributed by atoms with Crippen LogP contribution >= 0.6 is 24.0 Å². The molecule has 8 heteroatoms. The number of nitrogens with zero attached hydrogens (tertiary/aromatic N) is 2. The van der Waals surface area contributed by atoms with Gasteiger partial charge in [0, 0.05) is 24.8 Å². The lowest BCUT2D eigenvalue weighted by molar-refractivity contribution is 0.290. The van der Waals surface area contributed by atoms with E-state index in [2.05, 4.69) is 15.6 Å². The van der Waals surface area contributed by atoms with Crippen LogP contribution in [-0.2, 0) is 19.6 Å². The molecule has 182 valence electrons. The van der Waals surface area contributed by atoms with Crippen LogP contribution < -0.4 is 24.8 Å². The molecule has 0 radical (unpaired) electrons. The number of methoxy groups -OCH3 is 2. The van der Waals surface area contributed by atoms with Gasteiger partial charge >= 0.3 is 0 Å². The maximum Gasteiger partial charge on any atom is 0.218 e. The predicted octanol–water partition coefficient (Wildman–Crippen LogP) is 4.59. The lowest BCUT2D eigenvalue weighted by Crippen LogP contribution is -2.38. The molecule has 0 aliphatic carbocycles. The van der Waals surface area contributed by atoms with E-state index in [0.29, 0.717) is 19.0 Å². The minimum absolute atomic E-state index is 0. The SMILES string of the molecule is CCNC(=NCc1cccnc1OCc1ccccc1)NCCc1ccc(OC)c(OC)c1.I. The molecule has 2 N–H and O–H groups in total. The zero-order chi connectivity index (χ0) is 23.3. The smallest absolute Gasteiger partial charge is 0.218 e. The van der Waals surface area contributed by atoms with Gasteiger partial charge in [0.05, 0.1) is 20.8 Å². The first kappa shape index (κ1) is 27.2. The Morgan fingerprint density at radius 1 is 0.912 bits per heavy atom. The van der Waals surface area contributed by atoms with Crippen molar-refractivity contribution in [2.45, 2.75) is 26.5 Å². The van der Waals surface area contributed by atoms with Crippen molar-refractivity contribution in [1.29, 1.82) is 0 Å². The fraction of sp³-hybridized carbons (Fsp3) is 0.308. The van der Waals surface area contributed by atoms with Crippen LogP contribution in [0.2, 0.25) is 0 Å². The van der Waals surface area contributed by atoms with Crippen LogP contribution in [0.15, 0.2) is 71.9 Å². The molecule has 0 unspecified atom stereocenters. The van der Waals surface area contributed by atoms with Crippen LogP contribution in [0.25, 0.3) is 0 Å². The zero-order valence-corrected chi connectivity index (χ0v) is 22.2. The molecular formula is C26H33IN4O3. The summed E-state index contributed by atoms with van der Waals surface area (Å²) < 4.78 is 16.6. The molecule has 0 saturated carbocycles. The zero-order valence-electron chi connectivity index (χ0n) is 19.9. The van der Waals surface area contributed by atoms with Gasteiger partial charge in [0.2, 0.25) is 5.88 Å². The number of nitrogens with one attached hydrogen (secondary N) is 2. The molecule has 0 saturated heterocycles. The molecule has 0 spiro atoms. The van der Waals surface area contributed by atoms with E-state index in [4.69, 9.17) is 19.2 Å². The lowest BCUT2D eigenvalue weighted by Gasteiger charge is -2.13. The highest BCUT2D eigenvalue weighted by Gasteiger charge is 2.07. The minimum Gasteiger partial charge on any atom is -0.493 e. The minimum atomic E-state index is 0. The number of rotatable bonds is 11. The Bertz CT molecular complexity index is 1030. The Hall–Kier alpha value is -3.01. The molecule has 0 amide bonds. The van der Waals surface area contributed by atoms with Gasteiger partial charge in [-0.2, -0.15) is 0 Å². The van der Waals surface area contributed by atoms with Gasteiger partial charge in [0.1, 0.15) is 6.61 Å². The van der Waals surface area contributed by atoms with E-state index in [0.717, 1.165) is 53.7 Å². The third-order valence-electron chi connectivity index (χ3n) is 4.97. The highest BCUT2D eigenvalue weighted by molar-refractivity contribution is 14.0. The number of guanidine groups is 1. The largest absolute Gasteiger partial charge is 0.493 e. The van der Waals surface area contributed by atoms with E-state index in [1.165, 1.54) is 0 Å². The monoisotopic (exact) mass is 576 g/mol. The van der Waals surface area contributed by atoms with Gasteiger partial charge in [-0.15, -0.1) is 24.0 Å². The maximum atomic E-state index is 5.95. The predicted molar refractivity (Wildman–Crippen MR) is 146 cm³/mol. The molecule has 3 rings (SSSR count). The highest BCUT2D eigenvalue weighted by atomic mass is 127. The summed E-state index contributed by atoms with van der Waals surface area (Å²) in [6.07, 6.45) is 2.56. The van der Waals surface area contributed by atoms with E-state index in [1.54, 1.807) is 20.4 Å². The fourth-order valence-corrected chi connectivity index (χ4v) is 3.27. The van der Waals surface area contributed by atoms with Crippen molar-refractivity contribution < 1.29 is 14.2 Å². The summed E-state index contributed by atoms with van der Waals surface area (Å²) in [5.41, 5.74) is 3.19. The van der Waals surface area contributed by atoms with Gasteiger partial charge in [-0.25, -0.2) is 9.98 Å². The summed E-state index contributed by atoms with van der Waals surface area (Å²) in [4.78, 5) is 9.12. The van der Waals surface area contributed by atoms with Crippen molar-refractivity contribution in [3.8, 4) is 17.4 Å². The van der Waals surface area contributed by atoms with E-state index in [9.17, 15) is 0 Å². The summed E-state index contributed by atoms with van der Waals surface area (Å²) in [5.74, 6) is 2.81. The number of ether oxygens (including phenoxy) is 3. The highest BCUT2D eigenvalue weighted by Crippen LogP contribution is 2.27. The Labute approximate surface area is 219 Å².